The Kier molecular flexibility index (Phi) is 6.09. The number of para-hydroxylation sites is 1. The second-order valence-corrected chi connectivity index (χ2v) is 14.3. The van der Waals surface area contributed by atoms with E-state index in [1.54, 1.807) is 0 Å². The molecule has 0 fully saturated rings. The lowest BCUT2D eigenvalue weighted by molar-refractivity contribution is 0.664. The molecule has 0 radical (unpaired) electrons. The molecule has 0 aliphatic carbocycles. The Labute approximate surface area is 310 Å². The highest BCUT2D eigenvalue weighted by molar-refractivity contribution is 6.26. The van der Waals surface area contributed by atoms with Gasteiger partial charge in [-0.1, -0.05) is 152 Å². The van der Waals surface area contributed by atoms with Gasteiger partial charge in [-0.05, 0) is 107 Å². The van der Waals surface area contributed by atoms with Gasteiger partial charge >= 0.3 is 0 Å². The summed E-state index contributed by atoms with van der Waals surface area (Å²) in [5.41, 5.74) is 10.8. The fourth-order valence-corrected chi connectivity index (χ4v) is 9.08. The quantitative estimate of drug-likeness (QED) is 0.173. The summed E-state index contributed by atoms with van der Waals surface area (Å²) in [6.07, 6.45) is 0. The molecular formula is C52H30O2. The molecule has 2 nitrogen and oxygen atoms in total. The maximum atomic E-state index is 6.58. The molecule has 0 spiro atoms. The fourth-order valence-electron chi connectivity index (χ4n) is 9.08. The van der Waals surface area contributed by atoms with E-state index in [0.717, 1.165) is 49.4 Å². The Morgan fingerprint density at radius 3 is 1.35 bits per heavy atom. The predicted molar refractivity (Wildman–Crippen MR) is 227 cm³/mol. The highest BCUT2D eigenvalue weighted by Gasteiger charge is 2.20. The molecule has 0 N–H and O–H groups in total. The monoisotopic (exact) mass is 686 g/mol. The minimum absolute atomic E-state index is 0.868. The Balaban J connectivity index is 1.07. The van der Waals surface area contributed by atoms with E-state index in [9.17, 15) is 0 Å². The van der Waals surface area contributed by atoms with Gasteiger partial charge in [0.1, 0.15) is 22.3 Å². The summed E-state index contributed by atoms with van der Waals surface area (Å²) in [5.74, 6) is 0. The SMILES string of the molecule is c1ccc2c(-c3c4ccccc4c(-c4ccc(-c5ccc6c(c5)oc5cc7c(cc56)oc5ccccc57)c5ccccc45)c4ccccc34)cccc2c1. The van der Waals surface area contributed by atoms with Crippen LogP contribution in [0.5, 0.6) is 0 Å². The van der Waals surface area contributed by atoms with Crippen LogP contribution in [0.15, 0.2) is 191 Å². The van der Waals surface area contributed by atoms with Gasteiger partial charge in [-0.15, -0.1) is 0 Å². The molecule has 250 valence electrons. The molecule has 0 saturated carbocycles. The maximum absolute atomic E-state index is 6.58. The zero-order chi connectivity index (χ0) is 35.3. The van der Waals surface area contributed by atoms with E-state index in [-0.39, 0.29) is 0 Å². The topological polar surface area (TPSA) is 26.3 Å². The van der Waals surface area contributed by atoms with Gasteiger partial charge in [-0.25, -0.2) is 0 Å². The predicted octanol–water partition coefficient (Wildman–Crippen LogP) is 15.1. The lowest BCUT2D eigenvalue weighted by Crippen LogP contribution is -1.93. The van der Waals surface area contributed by atoms with Crippen molar-refractivity contribution < 1.29 is 8.83 Å². The second kappa shape index (κ2) is 11.2. The van der Waals surface area contributed by atoms with E-state index in [2.05, 4.69) is 164 Å². The van der Waals surface area contributed by atoms with Crippen molar-refractivity contribution in [3.05, 3.63) is 182 Å². The summed E-state index contributed by atoms with van der Waals surface area (Å²) >= 11 is 0. The fraction of sp³-hybridized carbons (Fsp3) is 0. The Morgan fingerprint density at radius 1 is 0.241 bits per heavy atom. The van der Waals surface area contributed by atoms with Crippen LogP contribution in [-0.4, -0.2) is 0 Å². The van der Waals surface area contributed by atoms with E-state index >= 15 is 0 Å². The van der Waals surface area contributed by atoms with Crippen molar-refractivity contribution in [2.75, 3.05) is 0 Å². The van der Waals surface area contributed by atoms with Crippen LogP contribution in [0.4, 0.5) is 0 Å². The third-order valence-electron chi connectivity index (χ3n) is 11.5. The van der Waals surface area contributed by atoms with Gasteiger partial charge in [0.25, 0.3) is 0 Å². The van der Waals surface area contributed by atoms with Crippen molar-refractivity contribution in [3.8, 4) is 33.4 Å². The molecule has 10 aromatic carbocycles. The highest BCUT2D eigenvalue weighted by Crippen LogP contribution is 2.48. The minimum atomic E-state index is 0.868. The van der Waals surface area contributed by atoms with Crippen molar-refractivity contribution >= 4 is 87.0 Å². The smallest absolute Gasteiger partial charge is 0.136 e. The summed E-state index contributed by atoms with van der Waals surface area (Å²) in [6.45, 7) is 0. The molecule has 0 saturated heterocycles. The molecule has 2 heterocycles. The van der Waals surface area contributed by atoms with Crippen molar-refractivity contribution in [2.24, 2.45) is 0 Å². The number of benzene rings is 10. The molecule has 0 bridgehead atoms. The molecule has 2 heteroatoms. The maximum Gasteiger partial charge on any atom is 0.136 e. The zero-order valence-corrected chi connectivity index (χ0v) is 29.1. The molecule has 54 heavy (non-hydrogen) atoms. The van der Waals surface area contributed by atoms with Crippen molar-refractivity contribution in [1.82, 2.24) is 0 Å². The molecule has 0 atom stereocenters. The Morgan fingerprint density at radius 2 is 0.685 bits per heavy atom. The van der Waals surface area contributed by atoms with Gasteiger partial charge in [0.2, 0.25) is 0 Å². The van der Waals surface area contributed by atoms with Crippen LogP contribution < -0.4 is 0 Å². The molecular weight excluding hydrogens is 657 g/mol. The van der Waals surface area contributed by atoms with E-state index < -0.39 is 0 Å². The van der Waals surface area contributed by atoms with Crippen LogP contribution in [-0.2, 0) is 0 Å². The molecule has 0 aliphatic rings. The summed E-state index contributed by atoms with van der Waals surface area (Å²) in [7, 11) is 0. The number of rotatable bonds is 3. The van der Waals surface area contributed by atoms with E-state index in [4.69, 9.17) is 8.83 Å². The number of fused-ring (bicyclic) bond motifs is 10. The van der Waals surface area contributed by atoms with E-state index in [1.165, 1.54) is 70.9 Å². The normalized spacial score (nSPS) is 12.1. The number of hydrogen-bond acceptors (Lipinski definition) is 2. The van der Waals surface area contributed by atoms with Crippen molar-refractivity contribution in [2.45, 2.75) is 0 Å². The van der Waals surface area contributed by atoms with Gasteiger partial charge in [0.05, 0.1) is 0 Å². The molecule has 12 aromatic rings. The molecule has 0 unspecified atom stereocenters. The van der Waals surface area contributed by atoms with E-state index in [0.29, 0.717) is 0 Å². The molecule has 2 aromatic heterocycles. The summed E-state index contributed by atoms with van der Waals surface area (Å²) in [5, 5.41) is 14.3. The van der Waals surface area contributed by atoms with Crippen LogP contribution in [0.2, 0.25) is 0 Å². The molecule has 0 aliphatic heterocycles. The van der Waals surface area contributed by atoms with Gasteiger partial charge in [0, 0.05) is 21.5 Å². The van der Waals surface area contributed by atoms with Crippen LogP contribution >= 0.6 is 0 Å². The molecule has 0 amide bonds. The van der Waals surface area contributed by atoms with Crippen molar-refractivity contribution in [1.29, 1.82) is 0 Å². The van der Waals surface area contributed by atoms with Gasteiger partial charge < -0.3 is 8.83 Å². The summed E-state index contributed by atoms with van der Waals surface area (Å²) in [6, 6.07) is 65.7. The third-order valence-corrected chi connectivity index (χ3v) is 11.5. The van der Waals surface area contributed by atoms with Crippen molar-refractivity contribution in [3.63, 3.8) is 0 Å². The van der Waals surface area contributed by atoms with Crippen LogP contribution in [0, 0.1) is 0 Å². The number of hydrogen-bond donors (Lipinski definition) is 0. The Bertz CT molecular complexity index is 3440. The van der Waals surface area contributed by atoms with Gasteiger partial charge in [-0.3, -0.25) is 0 Å². The first-order valence-electron chi connectivity index (χ1n) is 18.5. The van der Waals surface area contributed by atoms with Crippen LogP contribution in [0.25, 0.3) is 120 Å². The number of furan rings is 2. The third kappa shape index (κ3) is 4.17. The van der Waals surface area contributed by atoms with Crippen LogP contribution in [0.3, 0.4) is 0 Å². The Hall–Kier alpha value is -7.16. The molecule has 12 rings (SSSR count). The summed E-state index contributed by atoms with van der Waals surface area (Å²) in [4.78, 5) is 0. The standard InChI is InChI=1S/C52H30O2/c1-2-14-33-31(12-1)13-11-22-39(33)51-40-18-5-7-20-42(40)52(43-21-8-6-19-41(43)51)44-27-26-34(35-15-3-4-16-36(35)44)32-24-25-38-46-30-49-45(29-50(46)54-48(38)28-32)37-17-9-10-23-47(37)53-49/h1-30H. The average Bonchev–Trinajstić information content (AvgIpc) is 3.78. The summed E-state index contributed by atoms with van der Waals surface area (Å²) < 4.78 is 12.8. The van der Waals surface area contributed by atoms with E-state index in [1.807, 2.05) is 18.2 Å². The lowest BCUT2D eigenvalue weighted by atomic mass is 9.83. The lowest BCUT2D eigenvalue weighted by Gasteiger charge is -2.20. The first-order chi connectivity index (χ1) is 26.8. The first kappa shape index (κ1) is 29.4. The minimum Gasteiger partial charge on any atom is -0.456 e. The zero-order valence-electron chi connectivity index (χ0n) is 29.1. The van der Waals surface area contributed by atoms with Gasteiger partial charge in [0.15, 0.2) is 0 Å². The highest BCUT2D eigenvalue weighted by atomic mass is 16.3. The average molecular weight is 687 g/mol. The van der Waals surface area contributed by atoms with Gasteiger partial charge in [-0.2, -0.15) is 0 Å². The second-order valence-electron chi connectivity index (χ2n) is 14.3. The first-order valence-corrected chi connectivity index (χ1v) is 18.5. The largest absolute Gasteiger partial charge is 0.456 e. The van der Waals surface area contributed by atoms with Crippen LogP contribution in [0.1, 0.15) is 0 Å².